The van der Waals surface area contributed by atoms with Gasteiger partial charge in [0.1, 0.15) is 0 Å². The van der Waals surface area contributed by atoms with Crippen molar-refractivity contribution in [1.82, 2.24) is 4.98 Å². The number of aromatic nitrogens is 1. The second-order valence-corrected chi connectivity index (χ2v) is 4.23. The lowest BCUT2D eigenvalue weighted by Gasteiger charge is -1.92. The molecule has 2 aromatic rings. The van der Waals surface area contributed by atoms with E-state index in [4.69, 9.17) is 5.73 Å². The second kappa shape index (κ2) is 4.28. The van der Waals surface area contributed by atoms with Crippen molar-refractivity contribution in [2.45, 2.75) is 6.92 Å². The van der Waals surface area contributed by atoms with Crippen LogP contribution in [0.2, 0.25) is 0 Å². The molecule has 0 amide bonds. The molecule has 0 aliphatic rings. The second-order valence-electron chi connectivity index (χ2n) is 3.22. The first-order valence-electron chi connectivity index (χ1n) is 4.59. The lowest BCUT2D eigenvalue weighted by atomic mass is 10.2. The third kappa shape index (κ3) is 2.34. The maximum absolute atomic E-state index is 9.32. The van der Waals surface area contributed by atoms with E-state index in [0.29, 0.717) is 5.00 Å². The molecule has 3 N–H and O–H groups in total. The molecule has 2 rings (SSSR count). The summed E-state index contributed by atoms with van der Waals surface area (Å²) in [5, 5.41) is 17.8. The zero-order valence-electron chi connectivity index (χ0n) is 8.58. The van der Waals surface area contributed by atoms with Gasteiger partial charge in [-0.3, -0.25) is 0 Å². The molecule has 0 aliphatic carbocycles. The van der Waals surface area contributed by atoms with Gasteiger partial charge < -0.3 is 10.8 Å². The Balaban J connectivity index is 2.21. The monoisotopic (exact) mass is 234 g/mol. The van der Waals surface area contributed by atoms with Crippen molar-refractivity contribution in [1.29, 1.82) is 0 Å². The van der Waals surface area contributed by atoms with Gasteiger partial charge in [0.15, 0.2) is 5.13 Å². The van der Waals surface area contributed by atoms with Crippen LogP contribution in [0.15, 0.2) is 34.5 Å². The number of thiazole rings is 1. The van der Waals surface area contributed by atoms with Crippen LogP contribution in [0.5, 0.6) is 5.88 Å². The Morgan fingerprint density at radius 1 is 1.25 bits per heavy atom. The highest BCUT2D eigenvalue weighted by atomic mass is 32.1. The molecular weight excluding hydrogens is 224 g/mol. The molecule has 0 fully saturated rings. The molecular formula is C10H10N4OS. The van der Waals surface area contributed by atoms with Crippen LogP contribution in [0, 0.1) is 6.92 Å². The van der Waals surface area contributed by atoms with Crippen molar-refractivity contribution in [3.05, 3.63) is 29.8 Å². The van der Waals surface area contributed by atoms with Gasteiger partial charge >= 0.3 is 0 Å². The van der Waals surface area contributed by atoms with Crippen molar-refractivity contribution in [2.75, 3.05) is 5.73 Å². The summed E-state index contributed by atoms with van der Waals surface area (Å²) in [5.74, 6) is -0.182. The first-order valence-corrected chi connectivity index (χ1v) is 5.40. The number of rotatable bonds is 2. The molecule has 16 heavy (non-hydrogen) atoms. The summed E-state index contributed by atoms with van der Waals surface area (Å²) in [5.41, 5.74) is 7.29. The Kier molecular flexibility index (Phi) is 2.82. The topological polar surface area (TPSA) is 83.9 Å². The molecule has 82 valence electrons. The Morgan fingerprint density at radius 3 is 2.50 bits per heavy atom. The van der Waals surface area contributed by atoms with Crippen LogP contribution in [-0.4, -0.2) is 10.1 Å². The van der Waals surface area contributed by atoms with Gasteiger partial charge in [-0.15, -0.1) is 10.2 Å². The molecule has 6 heteroatoms. The maximum atomic E-state index is 9.32. The van der Waals surface area contributed by atoms with Gasteiger partial charge in [-0.05, 0) is 19.1 Å². The van der Waals surface area contributed by atoms with E-state index in [-0.39, 0.29) is 11.0 Å². The highest BCUT2D eigenvalue weighted by Gasteiger charge is 2.06. The molecule has 0 aliphatic heterocycles. The minimum absolute atomic E-state index is 0.182. The van der Waals surface area contributed by atoms with Crippen molar-refractivity contribution in [2.24, 2.45) is 10.2 Å². The van der Waals surface area contributed by atoms with Gasteiger partial charge in [0, 0.05) is 0 Å². The summed E-state index contributed by atoms with van der Waals surface area (Å²) in [6, 6.07) is 7.57. The fourth-order valence-electron chi connectivity index (χ4n) is 1.10. The molecule has 1 aromatic carbocycles. The van der Waals surface area contributed by atoms with E-state index < -0.39 is 0 Å². The molecule has 0 unspecified atom stereocenters. The Hall–Kier alpha value is -1.95. The highest BCUT2D eigenvalue weighted by Crippen LogP contribution is 2.35. The largest absolute Gasteiger partial charge is 0.491 e. The summed E-state index contributed by atoms with van der Waals surface area (Å²) in [6.07, 6.45) is 0. The van der Waals surface area contributed by atoms with Gasteiger partial charge in [-0.2, -0.15) is 4.98 Å². The van der Waals surface area contributed by atoms with E-state index in [9.17, 15) is 5.11 Å². The van der Waals surface area contributed by atoms with Crippen LogP contribution in [-0.2, 0) is 0 Å². The third-order valence-electron chi connectivity index (χ3n) is 1.90. The first-order chi connectivity index (χ1) is 7.65. The molecule has 1 heterocycles. The molecule has 0 atom stereocenters. The van der Waals surface area contributed by atoms with Crippen molar-refractivity contribution < 1.29 is 5.11 Å². The molecule has 0 bridgehead atoms. The number of benzene rings is 1. The van der Waals surface area contributed by atoms with Gasteiger partial charge in [0.25, 0.3) is 5.88 Å². The Bertz CT molecular complexity index is 518. The van der Waals surface area contributed by atoms with Gasteiger partial charge in [-0.1, -0.05) is 29.0 Å². The van der Waals surface area contributed by atoms with Gasteiger partial charge in [0.05, 0.1) is 5.69 Å². The first kappa shape index (κ1) is 10.6. The van der Waals surface area contributed by atoms with Crippen molar-refractivity contribution in [3.8, 4) is 5.88 Å². The lowest BCUT2D eigenvalue weighted by Crippen LogP contribution is -1.78. The van der Waals surface area contributed by atoms with E-state index in [1.54, 1.807) is 0 Å². The summed E-state index contributed by atoms with van der Waals surface area (Å²) >= 11 is 1.09. The molecule has 5 nitrogen and oxygen atoms in total. The number of nitrogens with zero attached hydrogens (tertiary/aromatic N) is 3. The predicted octanol–water partition coefficient (Wildman–Crippen LogP) is 3.15. The van der Waals surface area contributed by atoms with Crippen LogP contribution in [0.3, 0.4) is 0 Å². The van der Waals surface area contributed by atoms with Gasteiger partial charge in [0.2, 0.25) is 5.00 Å². The molecule has 0 radical (unpaired) electrons. The standard InChI is InChI=1S/C10H10N4OS/c1-6-2-4-7(5-3-6)13-14-9-8(15)12-10(11)16-9/h2-5,15H,1H3,(H2,11,12). The number of hydrogen-bond acceptors (Lipinski definition) is 6. The van der Waals surface area contributed by atoms with Crippen molar-refractivity contribution >= 4 is 27.2 Å². The fourth-order valence-corrected chi connectivity index (χ4v) is 1.65. The minimum Gasteiger partial charge on any atom is -0.491 e. The number of azo groups is 1. The number of hydrogen-bond donors (Lipinski definition) is 2. The van der Waals surface area contributed by atoms with Crippen LogP contribution in [0.25, 0.3) is 0 Å². The smallest absolute Gasteiger partial charge is 0.252 e. The highest BCUT2D eigenvalue weighted by molar-refractivity contribution is 7.19. The lowest BCUT2D eigenvalue weighted by molar-refractivity contribution is 0.459. The maximum Gasteiger partial charge on any atom is 0.252 e. The number of aryl methyl sites for hydroxylation is 1. The van der Waals surface area contributed by atoms with E-state index in [1.807, 2.05) is 31.2 Å². The number of aromatic hydroxyl groups is 1. The van der Waals surface area contributed by atoms with E-state index in [0.717, 1.165) is 22.6 Å². The number of nitrogens with two attached hydrogens (primary N) is 1. The number of nitrogen functional groups attached to an aromatic ring is 1. The van der Waals surface area contributed by atoms with Crippen LogP contribution >= 0.6 is 11.3 Å². The molecule has 0 saturated carbocycles. The predicted molar refractivity (Wildman–Crippen MR) is 63.5 cm³/mol. The minimum atomic E-state index is -0.182. The summed E-state index contributed by atoms with van der Waals surface area (Å²) in [6.45, 7) is 2.00. The SMILES string of the molecule is Cc1ccc(N=Nc2sc(N)nc2O)cc1. The van der Waals surface area contributed by atoms with E-state index in [2.05, 4.69) is 15.2 Å². The molecule has 0 spiro atoms. The Labute approximate surface area is 96.3 Å². The molecule has 0 saturated heterocycles. The quantitative estimate of drug-likeness (QED) is 0.783. The fraction of sp³-hybridized carbons (Fsp3) is 0.100. The average Bonchev–Trinajstić information content (AvgIpc) is 2.57. The average molecular weight is 234 g/mol. The summed E-state index contributed by atoms with van der Waals surface area (Å²) in [4.78, 5) is 3.64. The third-order valence-corrected chi connectivity index (χ3v) is 2.66. The van der Waals surface area contributed by atoms with Crippen LogP contribution in [0.4, 0.5) is 15.8 Å². The number of anilines is 1. The summed E-state index contributed by atoms with van der Waals surface area (Å²) < 4.78 is 0. The zero-order chi connectivity index (χ0) is 11.5. The Morgan fingerprint density at radius 2 is 1.94 bits per heavy atom. The van der Waals surface area contributed by atoms with E-state index in [1.165, 1.54) is 0 Å². The normalized spacial score (nSPS) is 11.1. The van der Waals surface area contributed by atoms with Gasteiger partial charge in [-0.25, -0.2) is 0 Å². The summed E-state index contributed by atoms with van der Waals surface area (Å²) in [7, 11) is 0. The van der Waals surface area contributed by atoms with Crippen LogP contribution in [0.1, 0.15) is 5.56 Å². The molecule has 1 aromatic heterocycles. The van der Waals surface area contributed by atoms with E-state index >= 15 is 0 Å². The van der Waals surface area contributed by atoms with Crippen LogP contribution < -0.4 is 5.73 Å². The van der Waals surface area contributed by atoms with Crippen molar-refractivity contribution in [3.63, 3.8) is 0 Å². The zero-order valence-corrected chi connectivity index (χ0v) is 9.40.